The highest BCUT2D eigenvalue weighted by Crippen LogP contribution is 2.09. The number of benzene rings is 1. The molecule has 2 rings (SSSR count). The van der Waals surface area contributed by atoms with E-state index < -0.39 is 17.8 Å². The number of amides is 2. The van der Waals surface area contributed by atoms with E-state index in [-0.39, 0.29) is 12.1 Å². The van der Waals surface area contributed by atoms with Crippen LogP contribution in [0.15, 0.2) is 42.7 Å². The number of nitrogens with one attached hydrogen (secondary N) is 2. The van der Waals surface area contributed by atoms with Crippen molar-refractivity contribution in [3.8, 4) is 0 Å². The third kappa shape index (κ3) is 4.00. The van der Waals surface area contributed by atoms with Crippen LogP contribution in [-0.4, -0.2) is 22.1 Å². The van der Waals surface area contributed by atoms with Gasteiger partial charge in [0, 0.05) is 24.0 Å². The van der Waals surface area contributed by atoms with E-state index in [2.05, 4.69) is 15.6 Å². The van der Waals surface area contributed by atoms with Crippen molar-refractivity contribution < 1.29 is 19.1 Å². The Labute approximate surface area is 119 Å². The van der Waals surface area contributed by atoms with Crippen molar-refractivity contribution in [2.45, 2.75) is 6.54 Å². The molecular weight excluding hydrogens is 277 g/mol. The quantitative estimate of drug-likeness (QED) is 0.805. The number of nitrogens with zero attached hydrogens (tertiary/aromatic N) is 1. The van der Waals surface area contributed by atoms with Gasteiger partial charge < -0.3 is 15.7 Å². The normalized spacial score (nSPS) is 9.95. The number of halogens is 1. The summed E-state index contributed by atoms with van der Waals surface area (Å²) in [4.78, 5) is 25.9. The maximum absolute atomic E-state index is 13.3. The Morgan fingerprint density at radius 1 is 1.19 bits per heavy atom. The number of urea groups is 1. The van der Waals surface area contributed by atoms with Gasteiger partial charge >= 0.3 is 12.0 Å². The first-order valence-electron chi connectivity index (χ1n) is 6.03. The van der Waals surface area contributed by atoms with Crippen LogP contribution >= 0.6 is 0 Å². The molecule has 0 aliphatic carbocycles. The van der Waals surface area contributed by atoms with Crippen LogP contribution in [0.3, 0.4) is 0 Å². The molecule has 1 aromatic heterocycles. The lowest BCUT2D eigenvalue weighted by molar-refractivity contribution is 0.0697. The van der Waals surface area contributed by atoms with E-state index in [1.54, 1.807) is 0 Å². The van der Waals surface area contributed by atoms with Gasteiger partial charge in [-0.25, -0.2) is 14.0 Å². The Morgan fingerprint density at radius 2 is 1.90 bits per heavy atom. The van der Waals surface area contributed by atoms with Gasteiger partial charge in [0.05, 0.1) is 11.8 Å². The zero-order valence-electron chi connectivity index (χ0n) is 10.8. The van der Waals surface area contributed by atoms with E-state index >= 15 is 0 Å². The summed E-state index contributed by atoms with van der Waals surface area (Å²) in [7, 11) is 0. The number of rotatable bonds is 4. The van der Waals surface area contributed by atoms with Crippen molar-refractivity contribution in [3.63, 3.8) is 0 Å². The van der Waals surface area contributed by atoms with Crippen molar-refractivity contribution in [2.75, 3.05) is 5.32 Å². The molecule has 0 fully saturated rings. The fourth-order valence-corrected chi connectivity index (χ4v) is 1.59. The van der Waals surface area contributed by atoms with Gasteiger partial charge in [-0.05, 0) is 30.3 Å². The average molecular weight is 289 g/mol. The van der Waals surface area contributed by atoms with Crippen LogP contribution in [0, 0.1) is 5.82 Å². The number of carbonyl (C=O) groups excluding carboxylic acids is 1. The largest absolute Gasteiger partial charge is 0.478 e. The first kappa shape index (κ1) is 14.4. The molecule has 0 saturated heterocycles. The number of hydrogen-bond donors (Lipinski definition) is 3. The van der Waals surface area contributed by atoms with Gasteiger partial charge in [0.2, 0.25) is 0 Å². The average Bonchev–Trinajstić information content (AvgIpc) is 2.47. The van der Waals surface area contributed by atoms with Crippen LogP contribution < -0.4 is 10.6 Å². The van der Waals surface area contributed by atoms with E-state index in [0.717, 1.165) is 6.20 Å². The molecule has 108 valence electrons. The molecule has 0 saturated carbocycles. The van der Waals surface area contributed by atoms with Gasteiger partial charge in [-0.3, -0.25) is 4.98 Å². The van der Waals surface area contributed by atoms with E-state index in [9.17, 15) is 14.0 Å². The molecule has 21 heavy (non-hydrogen) atoms. The van der Waals surface area contributed by atoms with Crippen LogP contribution in [-0.2, 0) is 6.54 Å². The smallest absolute Gasteiger partial charge is 0.335 e. The number of aromatic nitrogens is 1. The summed E-state index contributed by atoms with van der Waals surface area (Å²) in [6, 6.07) is 6.64. The Morgan fingerprint density at radius 3 is 2.52 bits per heavy atom. The Hall–Kier alpha value is -2.96. The van der Waals surface area contributed by atoms with Crippen molar-refractivity contribution in [2.24, 2.45) is 0 Å². The maximum Gasteiger partial charge on any atom is 0.335 e. The highest BCUT2D eigenvalue weighted by Gasteiger charge is 2.06. The zero-order valence-corrected chi connectivity index (χ0v) is 10.8. The minimum atomic E-state index is -1.04. The van der Waals surface area contributed by atoms with Crippen LogP contribution in [0.2, 0.25) is 0 Å². The van der Waals surface area contributed by atoms with Crippen molar-refractivity contribution >= 4 is 17.7 Å². The van der Waals surface area contributed by atoms with Gasteiger partial charge in [-0.2, -0.15) is 0 Å². The highest BCUT2D eigenvalue weighted by atomic mass is 19.1. The molecule has 0 unspecified atom stereocenters. The van der Waals surface area contributed by atoms with Gasteiger partial charge in [0.15, 0.2) is 0 Å². The number of hydrogen-bond acceptors (Lipinski definition) is 3. The fourth-order valence-electron chi connectivity index (χ4n) is 1.59. The van der Waals surface area contributed by atoms with E-state index in [1.807, 2.05) is 0 Å². The van der Waals surface area contributed by atoms with Crippen LogP contribution in [0.4, 0.5) is 14.9 Å². The predicted octanol–water partition coefficient (Wildman–Crippen LogP) is 2.24. The molecule has 1 aromatic carbocycles. The third-order valence-corrected chi connectivity index (χ3v) is 2.69. The van der Waals surface area contributed by atoms with E-state index in [0.29, 0.717) is 11.3 Å². The van der Waals surface area contributed by atoms with Gasteiger partial charge in [-0.1, -0.05) is 0 Å². The van der Waals surface area contributed by atoms with Crippen LogP contribution in [0.25, 0.3) is 0 Å². The maximum atomic E-state index is 13.3. The standard InChI is InChI=1S/C14H12FN3O3/c15-12-8-16-6-5-10(12)7-17-14(21)18-11-3-1-9(2-4-11)13(19)20/h1-6,8H,7H2,(H,19,20)(H2,17,18,21). The second-order valence-corrected chi connectivity index (χ2v) is 4.16. The van der Waals surface area contributed by atoms with Crippen molar-refractivity contribution in [1.29, 1.82) is 0 Å². The summed E-state index contributed by atoms with van der Waals surface area (Å²) < 4.78 is 13.3. The van der Waals surface area contributed by atoms with Gasteiger partial charge in [-0.15, -0.1) is 0 Å². The summed E-state index contributed by atoms with van der Waals surface area (Å²) in [5.74, 6) is -1.54. The lowest BCUT2D eigenvalue weighted by atomic mass is 10.2. The fraction of sp³-hybridized carbons (Fsp3) is 0.0714. The van der Waals surface area contributed by atoms with Crippen molar-refractivity contribution in [3.05, 3.63) is 59.7 Å². The molecule has 0 spiro atoms. The number of carboxylic acid groups (broad SMARTS) is 1. The van der Waals surface area contributed by atoms with Crippen molar-refractivity contribution in [1.82, 2.24) is 10.3 Å². The molecule has 0 aliphatic heterocycles. The molecule has 1 heterocycles. The lowest BCUT2D eigenvalue weighted by Crippen LogP contribution is -2.28. The molecule has 7 heteroatoms. The van der Waals surface area contributed by atoms with Gasteiger partial charge in [0.25, 0.3) is 0 Å². The zero-order chi connectivity index (χ0) is 15.2. The first-order chi connectivity index (χ1) is 10.1. The molecule has 2 amide bonds. The Kier molecular flexibility index (Phi) is 4.45. The molecule has 6 nitrogen and oxygen atoms in total. The monoisotopic (exact) mass is 289 g/mol. The number of carbonyl (C=O) groups is 2. The molecule has 2 aromatic rings. The highest BCUT2D eigenvalue weighted by molar-refractivity contribution is 5.91. The summed E-state index contributed by atoms with van der Waals surface area (Å²) in [5.41, 5.74) is 0.883. The number of aromatic carboxylic acids is 1. The lowest BCUT2D eigenvalue weighted by Gasteiger charge is -2.08. The first-order valence-corrected chi connectivity index (χ1v) is 6.03. The Balaban J connectivity index is 1.90. The summed E-state index contributed by atoms with van der Waals surface area (Å²) >= 11 is 0. The number of pyridine rings is 1. The number of anilines is 1. The minimum absolute atomic E-state index is 0.0212. The SMILES string of the molecule is O=C(NCc1ccncc1F)Nc1ccc(C(=O)O)cc1. The van der Waals surface area contributed by atoms with Crippen LogP contribution in [0.1, 0.15) is 15.9 Å². The third-order valence-electron chi connectivity index (χ3n) is 2.69. The topological polar surface area (TPSA) is 91.3 Å². The summed E-state index contributed by atoms with van der Waals surface area (Å²) in [6.07, 6.45) is 2.50. The molecule has 0 bridgehead atoms. The molecule has 0 atom stereocenters. The molecule has 3 N–H and O–H groups in total. The van der Waals surface area contributed by atoms with E-state index in [4.69, 9.17) is 5.11 Å². The predicted molar refractivity (Wildman–Crippen MR) is 73.5 cm³/mol. The summed E-state index contributed by atoms with van der Waals surface area (Å²) in [6.45, 7) is 0.0212. The van der Waals surface area contributed by atoms with E-state index in [1.165, 1.54) is 36.5 Å². The molecular formula is C14H12FN3O3. The van der Waals surface area contributed by atoms with Crippen LogP contribution in [0.5, 0.6) is 0 Å². The minimum Gasteiger partial charge on any atom is -0.478 e. The van der Waals surface area contributed by atoms with Gasteiger partial charge in [0.1, 0.15) is 5.82 Å². The second-order valence-electron chi connectivity index (χ2n) is 4.16. The second kappa shape index (κ2) is 6.47. The molecule has 0 radical (unpaired) electrons. The number of carboxylic acids is 1. The Bertz CT molecular complexity index is 659. The molecule has 0 aliphatic rings. The summed E-state index contributed by atoms with van der Waals surface area (Å²) in [5, 5.41) is 13.8.